The molecule has 1 amide bonds. The lowest BCUT2D eigenvalue weighted by Gasteiger charge is -2.14. The number of H-pyrrole nitrogens is 1. The predicted octanol–water partition coefficient (Wildman–Crippen LogP) is 1.06. The number of hydrogen-bond donors (Lipinski definition) is 3. The number of nitrogens with one attached hydrogen (secondary N) is 2. The minimum Gasteiger partial charge on any atom is -0.394 e. The third kappa shape index (κ3) is 3.38. The largest absolute Gasteiger partial charge is 0.394 e. The number of aromatic amines is 1. The van der Waals surface area contributed by atoms with Crippen molar-refractivity contribution in [1.29, 1.82) is 0 Å². The molecule has 0 aliphatic rings. The van der Waals surface area contributed by atoms with Gasteiger partial charge in [-0.1, -0.05) is 23.2 Å². The molecule has 0 bridgehead atoms. The normalized spacial score (nSPS) is 12.5. The van der Waals surface area contributed by atoms with Gasteiger partial charge in [-0.25, -0.2) is 0 Å². The molecule has 0 saturated heterocycles. The van der Waals surface area contributed by atoms with Crippen LogP contribution in [0, 0.1) is 0 Å². The van der Waals surface area contributed by atoms with Gasteiger partial charge in [0.15, 0.2) is 0 Å². The first-order valence-corrected chi connectivity index (χ1v) is 5.28. The van der Waals surface area contributed by atoms with E-state index < -0.39 is 11.9 Å². The molecule has 1 atom stereocenters. The number of carbonyl (C=O) groups is 1. The number of methoxy groups -OCH3 is 1. The van der Waals surface area contributed by atoms with Gasteiger partial charge in [0.2, 0.25) is 0 Å². The standard InChI is InChI=1S/C9H12Cl2N2O3/c1-16-4-5(3-14)12-9(15)7-2-6(10)8(11)13-7/h2,5,13-14H,3-4H2,1H3,(H,12,15). The van der Waals surface area contributed by atoms with Crippen molar-refractivity contribution in [3.05, 3.63) is 21.9 Å². The molecule has 90 valence electrons. The van der Waals surface area contributed by atoms with Crippen molar-refractivity contribution in [3.63, 3.8) is 0 Å². The van der Waals surface area contributed by atoms with Gasteiger partial charge in [0.25, 0.3) is 5.91 Å². The highest BCUT2D eigenvalue weighted by Gasteiger charge is 2.15. The summed E-state index contributed by atoms with van der Waals surface area (Å²) in [6.07, 6.45) is 0. The van der Waals surface area contributed by atoms with Crippen LogP contribution in [0.1, 0.15) is 10.5 Å². The number of carbonyl (C=O) groups excluding carboxylic acids is 1. The summed E-state index contributed by atoms with van der Waals surface area (Å²) in [5, 5.41) is 12.0. The molecule has 0 aromatic carbocycles. The average molecular weight is 267 g/mol. The van der Waals surface area contributed by atoms with E-state index >= 15 is 0 Å². The van der Waals surface area contributed by atoms with Crippen molar-refractivity contribution >= 4 is 29.1 Å². The SMILES string of the molecule is COCC(CO)NC(=O)c1cc(Cl)c(Cl)[nH]1. The molecule has 1 aromatic heterocycles. The van der Waals surface area contributed by atoms with E-state index in [1.54, 1.807) is 0 Å². The fourth-order valence-electron chi connectivity index (χ4n) is 1.13. The molecule has 5 nitrogen and oxygen atoms in total. The first-order chi connectivity index (χ1) is 7.58. The molecular formula is C9H12Cl2N2O3. The maximum atomic E-state index is 11.6. The zero-order valence-corrected chi connectivity index (χ0v) is 10.1. The van der Waals surface area contributed by atoms with E-state index in [2.05, 4.69) is 10.3 Å². The van der Waals surface area contributed by atoms with E-state index in [0.717, 1.165) is 0 Å². The Morgan fingerprint density at radius 1 is 1.69 bits per heavy atom. The fourth-order valence-corrected chi connectivity index (χ4v) is 1.44. The highest BCUT2D eigenvalue weighted by molar-refractivity contribution is 6.41. The van der Waals surface area contributed by atoms with Crippen LogP contribution in [-0.4, -0.2) is 42.4 Å². The minimum absolute atomic E-state index is 0.207. The number of aromatic nitrogens is 1. The van der Waals surface area contributed by atoms with Crippen molar-refractivity contribution in [1.82, 2.24) is 10.3 Å². The second kappa shape index (κ2) is 6.10. The zero-order valence-electron chi connectivity index (χ0n) is 8.59. The van der Waals surface area contributed by atoms with Crippen LogP contribution in [0.4, 0.5) is 0 Å². The zero-order chi connectivity index (χ0) is 12.1. The lowest BCUT2D eigenvalue weighted by atomic mass is 10.3. The van der Waals surface area contributed by atoms with Crippen molar-refractivity contribution in [3.8, 4) is 0 Å². The molecule has 16 heavy (non-hydrogen) atoms. The molecule has 3 N–H and O–H groups in total. The van der Waals surface area contributed by atoms with E-state index in [9.17, 15) is 4.79 Å². The summed E-state index contributed by atoms with van der Waals surface area (Å²) in [7, 11) is 1.48. The smallest absolute Gasteiger partial charge is 0.268 e. The van der Waals surface area contributed by atoms with E-state index in [1.807, 2.05) is 0 Å². The number of aliphatic hydroxyl groups is 1. The van der Waals surface area contributed by atoms with Crippen LogP contribution in [0.5, 0.6) is 0 Å². The summed E-state index contributed by atoms with van der Waals surface area (Å²) in [5.74, 6) is -0.398. The van der Waals surface area contributed by atoms with E-state index in [-0.39, 0.29) is 29.1 Å². The van der Waals surface area contributed by atoms with Crippen LogP contribution in [0.25, 0.3) is 0 Å². The minimum atomic E-state index is -0.460. The summed E-state index contributed by atoms with van der Waals surface area (Å²) in [4.78, 5) is 14.2. The quantitative estimate of drug-likeness (QED) is 0.746. The number of aliphatic hydroxyl groups excluding tert-OH is 1. The van der Waals surface area contributed by atoms with E-state index in [0.29, 0.717) is 0 Å². The van der Waals surface area contributed by atoms with Crippen LogP contribution in [-0.2, 0) is 4.74 Å². The third-order valence-corrected chi connectivity index (χ3v) is 2.59. The summed E-state index contributed by atoms with van der Waals surface area (Å²) in [6.45, 7) is 0.0200. The first-order valence-electron chi connectivity index (χ1n) is 4.53. The predicted molar refractivity (Wildman–Crippen MR) is 61.0 cm³/mol. The molecule has 1 aromatic rings. The third-order valence-electron chi connectivity index (χ3n) is 1.89. The summed E-state index contributed by atoms with van der Waals surface area (Å²) in [6, 6.07) is 0.957. The highest BCUT2D eigenvalue weighted by atomic mass is 35.5. The topological polar surface area (TPSA) is 74.3 Å². The van der Waals surface area contributed by atoms with Crippen LogP contribution in [0.3, 0.4) is 0 Å². The van der Waals surface area contributed by atoms with Crippen LogP contribution in [0.2, 0.25) is 10.2 Å². The Kier molecular flexibility index (Phi) is 5.08. The lowest BCUT2D eigenvalue weighted by Crippen LogP contribution is -2.40. The molecule has 0 aliphatic carbocycles. The Balaban J connectivity index is 2.64. The number of halogens is 2. The molecule has 1 heterocycles. The Morgan fingerprint density at radius 3 is 2.81 bits per heavy atom. The fraction of sp³-hybridized carbons (Fsp3) is 0.444. The van der Waals surface area contributed by atoms with Crippen LogP contribution < -0.4 is 5.32 Å². The van der Waals surface area contributed by atoms with Gasteiger partial charge in [0.05, 0.1) is 24.3 Å². The molecule has 7 heteroatoms. The number of hydrogen-bond acceptors (Lipinski definition) is 3. The molecule has 0 fully saturated rings. The Bertz CT molecular complexity index is 348. The molecule has 1 rings (SSSR count). The van der Waals surface area contributed by atoms with Gasteiger partial charge in [-0.3, -0.25) is 4.79 Å². The Hall–Kier alpha value is -0.750. The molecular weight excluding hydrogens is 255 g/mol. The Morgan fingerprint density at radius 2 is 2.38 bits per heavy atom. The van der Waals surface area contributed by atoms with E-state index in [4.69, 9.17) is 33.0 Å². The van der Waals surface area contributed by atoms with Gasteiger partial charge in [-0.2, -0.15) is 0 Å². The summed E-state index contributed by atoms with van der Waals surface area (Å²) >= 11 is 11.4. The molecule has 0 aliphatic heterocycles. The van der Waals surface area contributed by atoms with Crippen LogP contribution in [0.15, 0.2) is 6.07 Å². The second-order valence-corrected chi connectivity index (χ2v) is 3.94. The van der Waals surface area contributed by atoms with Gasteiger partial charge in [-0.05, 0) is 6.07 Å². The number of ether oxygens (including phenoxy) is 1. The second-order valence-electron chi connectivity index (χ2n) is 3.15. The van der Waals surface area contributed by atoms with Gasteiger partial charge < -0.3 is 20.1 Å². The maximum Gasteiger partial charge on any atom is 0.268 e. The van der Waals surface area contributed by atoms with Gasteiger partial charge >= 0.3 is 0 Å². The van der Waals surface area contributed by atoms with Crippen molar-refractivity contribution < 1.29 is 14.6 Å². The van der Waals surface area contributed by atoms with Crippen molar-refractivity contribution in [2.75, 3.05) is 20.3 Å². The lowest BCUT2D eigenvalue weighted by molar-refractivity contribution is 0.0835. The monoisotopic (exact) mass is 266 g/mol. The first kappa shape index (κ1) is 13.3. The number of amides is 1. The molecule has 1 unspecified atom stereocenters. The summed E-state index contributed by atoms with van der Waals surface area (Å²) < 4.78 is 4.82. The molecule has 0 saturated carbocycles. The van der Waals surface area contributed by atoms with E-state index in [1.165, 1.54) is 13.2 Å². The van der Waals surface area contributed by atoms with Gasteiger partial charge in [0, 0.05) is 7.11 Å². The molecule has 0 radical (unpaired) electrons. The average Bonchev–Trinajstić information content (AvgIpc) is 2.58. The molecule has 0 spiro atoms. The van der Waals surface area contributed by atoms with Crippen molar-refractivity contribution in [2.24, 2.45) is 0 Å². The van der Waals surface area contributed by atoms with Gasteiger partial charge in [0.1, 0.15) is 10.8 Å². The van der Waals surface area contributed by atoms with Gasteiger partial charge in [-0.15, -0.1) is 0 Å². The Labute approximate surface area is 103 Å². The summed E-state index contributed by atoms with van der Waals surface area (Å²) in [5.41, 5.74) is 0.240. The highest BCUT2D eigenvalue weighted by Crippen LogP contribution is 2.21. The van der Waals surface area contributed by atoms with Crippen molar-refractivity contribution in [2.45, 2.75) is 6.04 Å². The van der Waals surface area contributed by atoms with Crippen LogP contribution >= 0.6 is 23.2 Å². The maximum absolute atomic E-state index is 11.6. The number of rotatable bonds is 5.